The number of carbonyl (C=O) groups is 2. The van der Waals surface area contributed by atoms with Crippen LogP contribution >= 0.6 is 0 Å². The Morgan fingerprint density at radius 1 is 1.12 bits per heavy atom. The van der Waals surface area contributed by atoms with Crippen molar-refractivity contribution in [1.29, 1.82) is 0 Å². The van der Waals surface area contributed by atoms with E-state index in [2.05, 4.69) is 11.4 Å². The van der Waals surface area contributed by atoms with Crippen molar-refractivity contribution < 1.29 is 23.5 Å². The van der Waals surface area contributed by atoms with Crippen LogP contribution in [0.1, 0.15) is 60.1 Å². The Morgan fingerprint density at radius 3 is 2.50 bits per heavy atom. The van der Waals surface area contributed by atoms with Gasteiger partial charge in [-0.15, -0.1) is 0 Å². The highest BCUT2D eigenvalue weighted by molar-refractivity contribution is 5.96. The summed E-state index contributed by atoms with van der Waals surface area (Å²) in [5, 5.41) is 2.82. The summed E-state index contributed by atoms with van der Waals surface area (Å²) in [6.45, 7) is 3.61. The lowest BCUT2D eigenvalue weighted by Gasteiger charge is -2.46. The number of amides is 3. The van der Waals surface area contributed by atoms with E-state index in [1.54, 1.807) is 0 Å². The number of carbonyl (C=O) groups excluding carboxylic acids is 2. The van der Waals surface area contributed by atoms with E-state index in [0.717, 1.165) is 43.1 Å². The number of ether oxygens (including phenoxy) is 2. The van der Waals surface area contributed by atoms with Crippen molar-refractivity contribution in [2.75, 3.05) is 25.1 Å². The first-order valence-electron chi connectivity index (χ1n) is 11.0. The highest BCUT2D eigenvalue weighted by Gasteiger charge is 2.46. The van der Waals surface area contributed by atoms with Crippen molar-refractivity contribution in [3.63, 3.8) is 0 Å². The Balaban J connectivity index is 1.49. The molecule has 168 valence electrons. The number of rotatable bonds is 2. The molecule has 8 heteroatoms. The minimum atomic E-state index is -0.879. The number of urea groups is 1. The third-order valence-corrected chi connectivity index (χ3v) is 6.98. The lowest BCUT2D eigenvalue weighted by Crippen LogP contribution is -2.50. The Kier molecular flexibility index (Phi) is 4.95. The van der Waals surface area contributed by atoms with Crippen LogP contribution < -0.4 is 20.5 Å². The molecule has 0 aromatic heterocycles. The number of fused-ring (bicyclic) bond motifs is 3. The van der Waals surface area contributed by atoms with Crippen molar-refractivity contribution in [1.82, 2.24) is 4.90 Å². The van der Waals surface area contributed by atoms with Crippen molar-refractivity contribution in [3.05, 3.63) is 52.8 Å². The fraction of sp³-hybridized carbons (Fsp3) is 0.417. The molecule has 1 fully saturated rings. The van der Waals surface area contributed by atoms with Gasteiger partial charge < -0.3 is 25.4 Å². The fourth-order valence-electron chi connectivity index (χ4n) is 5.34. The maximum Gasteiger partial charge on any atom is 0.322 e. The van der Waals surface area contributed by atoms with E-state index in [1.807, 2.05) is 17.9 Å². The first-order chi connectivity index (χ1) is 15.4. The summed E-state index contributed by atoms with van der Waals surface area (Å²) in [4.78, 5) is 26.6. The number of nitrogens with zero attached hydrogens (tertiary/aromatic N) is 1. The predicted molar refractivity (Wildman–Crippen MR) is 117 cm³/mol. The van der Waals surface area contributed by atoms with Crippen molar-refractivity contribution in [2.45, 2.75) is 44.1 Å². The molecule has 1 atom stereocenters. The van der Waals surface area contributed by atoms with E-state index >= 15 is 0 Å². The molecule has 3 aliphatic rings. The summed E-state index contributed by atoms with van der Waals surface area (Å²) in [7, 11) is 0. The van der Waals surface area contributed by atoms with Crippen LogP contribution in [0, 0.1) is 5.82 Å². The molecule has 0 saturated heterocycles. The largest absolute Gasteiger partial charge is 0.486 e. The highest BCUT2D eigenvalue weighted by Crippen LogP contribution is 2.52. The van der Waals surface area contributed by atoms with E-state index in [0.29, 0.717) is 31.2 Å². The molecule has 1 spiro atoms. The number of hydrogen-bond donors (Lipinski definition) is 2. The van der Waals surface area contributed by atoms with Crippen molar-refractivity contribution in [2.24, 2.45) is 5.73 Å². The van der Waals surface area contributed by atoms with Gasteiger partial charge in [-0.05, 0) is 61.2 Å². The number of anilines is 1. The summed E-state index contributed by atoms with van der Waals surface area (Å²) in [5.74, 6) is -0.109. The number of halogens is 1. The summed E-state index contributed by atoms with van der Waals surface area (Å²) in [6, 6.07) is 7.46. The van der Waals surface area contributed by atoms with E-state index in [1.165, 1.54) is 17.7 Å². The number of primary amides is 1. The van der Waals surface area contributed by atoms with Gasteiger partial charge in [0.15, 0.2) is 11.5 Å². The average molecular weight is 439 g/mol. The van der Waals surface area contributed by atoms with E-state index in [9.17, 15) is 14.0 Å². The van der Waals surface area contributed by atoms with Gasteiger partial charge in [-0.1, -0.05) is 12.8 Å². The quantitative estimate of drug-likeness (QED) is 0.736. The monoisotopic (exact) mass is 439 g/mol. The van der Waals surface area contributed by atoms with Gasteiger partial charge in [0.1, 0.15) is 19.0 Å². The van der Waals surface area contributed by atoms with Gasteiger partial charge in [-0.3, -0.25) is 4.79 Å². The normalized spacial score (nSPS) is 20.7. The van der Waals surface area contributed by atoms with Crippen LogP contribution in [0.25, 0.3) is 0 Å². The third-order valence-electron chi connectivity index (χ3n) is 6.98. The zero-order valence-electron chi connectivity index (χ0n) is 17.9. The van der Waals surface area contributed by atoms with Gasteiger partial charge >= 0.3 is 6.03 Å². The SMILES string of the molecule is CC1c2cc3c(cc2C2(CCCC2)CN1C(=O)Nc1ccc(F)c(C(N)=O)c1)OCCO3. The Labute approximate surface area is 185 Å². The molecule has 1 aliphatic carbocycles. The molecule has 0 bridgehead atoms. The Bertz CT molecular complexity index is 1100. The van der Waals surface area contributed by atoms with Gasteiger partial charge in [-0.2, -0.15) is 0 Å². The molecule has 2 heterocycles. The van der Waals surface area contributed by atoms with Gasteiger partial charge in [0.2, 0.25) is 0 Å². The molecule has 2 aromatic rings. The lowest BCUT2D eigenvalue weighted by molar-refractivity contribution is 0.0996. The zero-order valence-corrected chi connectivity index (χ0v) is 17.9. The minimum absolute atomic E-state index is 0.129. The summed E-state index contributed by atoms with van der Waals surface area (Å²) >= 11 is 0. The smallest absolute Gasteiger partial charge is 0.322 e. The third kappa shape index (κ3) is 3.34. The predicted octanol–water partition coefficient (Wildman–Crippen LogP) is 4.12. The summed E-state index contributed by atoms with van der Waals surface area (Å²) in [6.07, 6.45) is 4.21. The number of hydrogen-bond acceptors (Lipinski definition) is 4. The molecule has 32 heavy (non-hydrogen) atoms. The van der Waals surface area contributed by atoms with Crippen LogP contribution in [-0.2, 0) is 5.41 Å². The molecular formula is C24H26FN3O4. The van der Waals surface area contributed by atoms with Gasteiger partial charge in [-0.25, -0.2) is 9.18 Å². The standard InChI is InChI=1S/C24H26FN3O4/c1-14-16-11-20-21(32-9-8-31-20)12-18(16)24(6-2-3-7-24)13-28(14)23(30)27-15-4-5-19(25)17(10-15)22(26)29/h4-5,10-12,14H,2-3,6-9,13H2,1H3,(H2,26,29)(H,27,30). The fourth-order valence-corrected chi connectivity index (χ4v) is 5.34. The number of nitrogens with one attached hydrogen (secondary N) is 1. The second-order valence-corrected chi connectivity index (χ2v) is 8.86. The van der Waals surface area contributed by atoms with E-state index < -0.39 is 11.7 Å². The Morgan fingerprint density at radius 2 is 1.81 bits per heavy atom. The van der Waals surface area contributed by atoms with Gasteiger partial charge in [0.05, 0.1) is 11.6 Å². The molecule has 1 saturated carbocycles. The van der Waals surface area contributed by atoms with E-state index in [4.69, 9.17) is 15.2 Å². The van der Waals surface area contributed by atoms with Crippen molar-refractivity contribution >= 4 is 17.6 Å². The van der Waals surface area contributed by atoms with Crippen LogP contribution in [0.15, 0.2) is 30.3 Å². The molecule has 3 amide bonds. The number of benzene rings is 2. The molecular weight excluding hydrogens is 413 g/mol. The maximum absolute atomic E-state index is 13.8. The molecule has 5 rings (SSSR count). The van der Waals surface area contributed by atoms with Crippen LogP contribution in [0.5, 0.6) is 11.5 Å². The van der Waals surface area contributed by atoms with E-state index in [-0.39, 0.29) is 23.1 Å². The highest BCUT2D eigenvalue weighted by atomic mass is 19.1. The molecule has 7 nitrogen and oxygen atoms in total. The van der Waals surface area contributed by atoms with Crippen LogP contribution in [0.2, 0.25) is 0 Å². The van der Waals surface area contributed by atoms with Crippen LogP contribution in [0.4, 0.5) is 14.9 Å². The average Bonchev–Trinajstić information content (AvgIpc) is 3.26. The summed E-state index contributed by atoms with van der Waals surface area (Å²) < 4.78 is 25.5. The zero-order chi connectivity index (χ0) is 22.5. The topological polar surface area (TPSA) is 93.9 Å². The molecule has 2 aliphatic heterocycles. The lowest BCUT2D eigenvalue weighted by atomic mass is 9.71. The number of nitrogens with two attached hydrogens (primary N) is 1. The van der Waals surface area contributed by atoms with Crippen LogP contribution in [0.3, 0.4) is 0 Å². The molecule has 1 unspecified atom stereocenters. The first-order valence-corrected chi connectivity index (χ1v) is 11.0. The van der Waals surface area contributed by atoms with Crippen LogP contribution in [-0.4, -0.2) is 36.6 Å². The second-order valence-electron chi connectivity index (χ2n) is 8.86. The first kappa shape index (κ1) is 20.6. The Hall–Kier alpha value is -3.29. The molecule has 2 aromatic carbocycles. The van der Waals surface area contributed by atoms with Crippen molar-refractivity contribution in [3.8, 4) is 11.5 Å². The maximum atomic E-state index is 13.8. The molecule has 0 radical (unpaired) electrons. The molecule has 3 N–H and O–H groups in total. The minimum Gasteiger partial charge on any atom is -0.486 e. The van der Waals surface area contributed by atoms with Gasteiger partial charge in [0, 0.05) is 17.6 Å². The summed E-state index contributed by atoms with van der Waals surface area (Å²) in [5.41, 5.74) is 7.49. The second kappa shape index (κ2) is 7.69. The van der Waals surface area contributed by atoms with Gasteiger partial charge in [0.25, 0.3) is 5.91 Å².